The molecule has 0 amide bonds. The minimum atomic E-state index is -0.784. The van der Waals surface area contributed by atoms with Gasteiger partial charge in [-0.1, -0.05) is 26.0 Å². The molecule has 41 heavy (non-hydrogen) atoms. The second-order valence-electron chi connectivity index (χ2n) is 10.8. The Morgan fingerprint density at radius 3 is 2.39 bits per heavy atom. The fraction of sp³-hybridized carbons (Fsp3) is 0.531. The number of Topliss-reactive ketones (excluding diaryl/α,β-unsaturated/α-hetero) is 3. The van der Waals surface area contributed by atoms with Crippen LogP contribution >= 0.6 is 0 Å². The number of aliphatic hydroxyl groups excluding tert-OH is 2. The Bertz CT molecular complexity index is 1220. The summed E-state index contributed by atoms with van der Waals surface area (Å²) in [7, 11) is 1.61. The number of methoxy groups -OCH3 is 1. The van der Waals surface area contributed by atoms with E-state index < -0.39 is 12.5 Å². The van der Waals surface area contributed by atoms with Crippen molar-refractivity contribution in [2.45, 2.75) is 59.4 Å². The Kier molecular flexibility index (Phi) is 13.1. The molecule has 9 nitrogen and oxygen atoms in total. The highest BCUT2D eigenvalue weighted by Crippen LogP contribution is 2.43. The third-order valence-electron chi connectivity index (χ3n) is 8.13. The summed E-state index contributed by atoms with van der Waals surface area (Å²) in [5, 5.41) is 30.4. The molecule has 3 atom stereocenters. The molecule has 2 aromatic carbocycles. The second kappa shape index (κ2) is 15.8. The maximum atomic E-state index is 13.4. The Morgan fingerprint density at radius 2 is 1.80 bits per heavy atom. The smallest absolute Gasteiger partial charge is 0.167 e. The SMILES string of the molecule is CCN(CC)Cc1ccc(OC)c(-c2ccc(O)c3c2CC(CC(CCO)C(CO)C(=O)CC(C)=O)CC3=O)c1.O.[HH].[HH]. The molecule has 1 aliphatic rings. The molecule has 3 unspecified atom stereocenters. The highest BCUT2D eigenvalue weighted by atomic mass is 16.5. The van der Waals surface area contributed by atoms with Gasteiger partial charge >= 0.3 is 0 Å². The predicted molar refractivity (Wildman–Crippen MR) is 161 cm³/mol. The summed E-state index contributed by atoms with van der Waals surface area (Å²) in [6.45, 7) is 7.59. The van der Waals surface area contributed by atoms with E-state index in [9.17, 15) is 29.7 Å². The lowest BCUT2D eigenvalue weighted by atomic mass is 9.72. The van der Waals surface area contributed by atoms with Gasteiger partial charge in [0.25, 0.3) is 0 Å². The van der Waals surface area contributed by atoms with Crippen molar-refractivity contribution >= 4 is 17.3 Å². The van der Waals surface area contributed by atoms with Gasteiger partial charge in [-0.25, -0.2) is 0 Å². The van der Waals surface area contributed by atoms with Crippen molar-refractivity contribution in [3.05, 3.63) is 47.0 Å². The fourth-order valence-corrected chi connectivity index (χ4v) is 6.04. The molecule has 0 spiro atoms. The molecular weight excluding hydrogens is 526 g/mol. The van der Waals surface area contributed by atoms with E-state index in [0.29, 0.717) is 24.2 Å². The number of phenols is 1. The van der Waals surface area contributed by atoms with E-state index in [2.05, 4.69) is 24.8 Å². The molecule has 0 saturated carbocycles. The summed E-state index contributed by atoms with van der Waals surface area (Å²) in [4.78, 5) is 40.0. The lowest BCUT2D eigenvalue weighted by Gasteiger charge is -2.32. The number of hydrogen-bond donors (Lipinski definition) is 3. The number of ether oxygens (including phenoxy) is 1. The number of aromatic hydroxyl groups is 1. The van der Waals surface area contributed by atoms with E-state index in [1.807, 2.05) is 18.2 Å². The van der Waals surface area contributed by atoms with Crippen LogP contribution in [0.25, 0.3) is 11.1 Å². The monoisotopic (exact) mass is 575 g/mol. The maximum absolute atomic E-state index is 13.4. The normalized spacial score (nSPS) is 16.1. The number of fused-ring (bicyclic) bond motifs is 1. The van der Waals surface area contributed by atoms with Crippen molar-refractivity contribution in [1.82, 2.24) is 4.90 Å². The molecule has 0 fully saturated rings. The average Bonchev–Trinajstić information content (AvgIpc) is 2.91. The number of carbonyl (C=O) groups is 3. The van der Waals surface area contributed by atoms with Gasteiger partial charge in [-0.15, -0.1) is 0 Å². The first kappa shape index (κ1) is 34.1. The molecule has 0 bridgehead atoms. The molecule has 230 valence electrons. The molecule has 0 aliphatic heterocycles. The number of ketones is 3. The summed E-state index contributed by atoms with van der Waals surface area (Å²) in [6.07, 6.45) is 1.11. The molecule has 5 N–H and O–H groups in total. The van der Waals surface area contributed by atoms with Gasteiger partial charge in [-0.2, -0.15) is 0 Å². The molecule has 9 heteroatoms. The number of rotatable bonds is 15. The standard InChI is InChI=1S/C32H43NO7.H2O.2H2/c1-5-33(6-2)18-21-7-10-31(40-4)25(15-21)24-8-9-28(37)32-26(24)16-22(17-30(32)39)14-23(11-12-34)27(19-35)29(38)13-20(3)36;;;/h7-10,15,22-23,27,34-35,37H,5-6,11-14,16-19H2,1-4H3;1H2;2*1H. The second-order valence-corrected chi connectivity index (χ2v) is 10.8. The molecule has 1 aliphatic carbocycles. The van der Waals surface area contributed by atoms with Crippen LogP contribution in [0.4, 0.5) is 0 Å². The number of hydrogen-bond acceptors (Lipinski definition) is 8. The van der Waals surface area contributed by atoms with Crippen LogP contribution in [0, 0.1) is 17.8 Å². The van der Waals surface area contributed by atoms with Crippen LogP contribution in [0.5, 0.6) is 11.5 Å². The van der Waals surface area contributed by atoms with Crippen molar-refractivity contribution in [2.75, 3.05) is 33.4 Å². The summed E-state index contributed by atoms with van der Waals surface area (Å²) in [5.41, 5.74) is 3.81. The van der Waals surface area contributed by atoms with Crippen LogP contribution in [0.1, 0.15) is 70.8 Å². The third kappa shape index (κ3) is 8.23. The highest BCUT2D eigenvalue weighted by Gasteiger charge is 2.35. The Morgan fingerprint density at radius 1 is 1.10 bits per heavy atom. The van der Waals surface area contributed by atoms with Crippen LogP contribution in [-0.2, 0) is 22.6 Å². The zero-order chi connectivity index (χ0) is 29.4. The first-order chi connectivity index (χ1) is 19.2. The average molecular weight is 576 g/mol. The van der Waals surface area contributed by atoms with Crippen LogP contribution in [-0.4, -0.2) is 76.5 Å². The quantitative estimate of drug-likeness (QED) is 0.270. The molecule has 0 aromatic heterocycles. The first-order valence-electron chi connectivity index (χ1n) is 14.2. The zero-order valence-corrected chi connectivity index (χ0v) is 24.6. The number of phenolic OH excluding ortho intramolecular Hbond substituents is 1. The Balaban J connectivity index is 0.00000588. The van der Waals surface area contributed by atoms with Crippen LogP contribution in [0.3, 0.4) is 0 Å². The lowest BCUT2D eigenvalue weighted by molar-refractivity contribution is -0.131. The Labute approximate surface area is 245 Å². The number of benzene rings is 2. The van der Waals surface area contributed by atoms with E-state index in [4.69, 9.17) is 4.74 Å². The summed E-state index contributed by atoms with van der Waals surface area (Å²) in [5.74, 6) is -1.52. The van der Waals surface area contributed by atoms with Gasteiger partial charge in [-0.05, 0) is 86.0 Å². The van der Waals surface area contributed by atoms with E-state index in [0.717, 1.165) is 41.9 Å². The van der Waals surface area contributed by atoms with Gasteiger partial charge in [-0.3, -0.25) is 19.3 Å². The Hall–Kier alpha value is -3.11. The molecule has 0 heterocycles. The lowest BCUT2D eigenvalue weighted by Crippen LogP contribution is -2.32. The topological polar surface area (TPSA) is 156 Å². The molecule has 3 rings (SSSR count). The molecular formula is C32H49NO8. The molecule has 0 saturated heterocycles. The van der Waals surface area contributed by atoms with Crippen LogP contribution in [0.15, 0.2) is 30.3 Å². The van der Waals surface area contributed by atoms with Crippen molar-refractivity contribution < 1.29 is 42.8 Å². The minimum Gasteiger partial charge on any atom is -0.507 e. The van der Waals surface area contributed by atoms with Gasteiger partial charge in [0.15, 0.2) is 5.78 Å². The van der Waals surface area contributed by atoms with E-state index in [1.54, 1.807) is 13.2 Å². The van der Waals surface area contributed by atoms with Gasteiger partial charge in [0.2, 0.25) is 0 Å². The molecule has 2 aromatic rings. The summed E-state index contributed by atoms with van der Waals surface area (Å²) >= 11 is 0. The molecule has 0 radical (unpaired) electrons. The largest absolute Gasteiger partial charge is 0.507 e. The van der Waals surface area contributed by atoms with Gasteiger partial charge < -0.3 is 25.5 Å². The van der Waals surface area contributed by atoms with Gasteiger partial charge in [0.1, 0.15) is 23.1 Å². The van der Waals surface area contributed by atoms with Gasteiger partial charge in [0, 0.05) is 33.9 Å². The number of carbonyl (C=O) groups excluding carboxylic acids is 3. The van der Waals surface area contributed by atoms with Crippen LogP contribution in [0.2, 0.25) is 0 Å². The third-order valence-corrected chi connectivity index (χ3v) is 8.13. The number of aliphatic hydroxyl groups is 2. The zero-order valence-electron chi connectivity index (χ0n) is 24.6. The van der Waals surface area contributed by atoms with Crippen molar-refractivity contribution in [3.8, 4) is 22.6 Å². The van der Waals surface area contributed by atoms with Crippen molar-refractivity contribution in [1.29, 1.82) is 0 Å². The van der Waals surface area contributed by atoms with Crippen molar-refractivity contribution in [2.24, 2.45) is 17.8 Å². The maximum Gasteiger partial charge on any atom is 0.167 e. The van der Waals surface area contributed by atoms with E-state index >= 15 is 0 Å². The first-order valence-corrected chi connectivity index (χ1v) is 14.2. The minimum absolute atomic E-state index is 0. The predicted octanol–water partition coefficient (Wildman–Crippen LogP) is 3.87. The highest BCUT2D eigenvalue weighted by molar-refractivity contribution is 6.03. The summed E-state index contributed by atoms with van der Waals surface area (Å²) in [6, 6.07) is 9.42. The van der Waals surface area contributed by atoms with E-state index in [1.165, 1.54) is 6.92 Å². The van der Waals surface area contributed by atoms with Crippen molar-refractivity contribution in [3.63, 3.8) is 0 Å². The van der Waals surface area contributed by atoms with Crippen LogP contribution < -0.4 is 4.74 Å². The van der Waals surface area contributed by atoms with Gasteiger partial charge in [0.05, 0.1) is 25.7 Å². The van der Waals surface area contributed by atoms with E-state index in [-0.39, 0.29) is 69.1 Å². The number of nitrogens with zero attached hydrogens (tertiary/aromatic N) is 1. The summed E-state index contributed by atoms with van der Waals surface area (Å²) < 4.78 is 5.71. The fourth-order valence-electron chi connectivity index (χ4n) is 6.04.